The van der Waals surface area contributed by atoms with Crippen molar-refractivity contribution in [3.63, 3.8) is 0 Å². The quantitative estimate of drug-likeness (QED) is 0.728. The Labute approximate surface area is 156 Å². The van der Waals surface area contributed by atoms with E-state index in [4.69, 9.17) is 0 Å². The summed E-state index contributed by atoms with van der Waals surface area (Å²) in [4.78, 5) is 40.0. The van der Waals surface area contributed by atoms with Gasteiger partial charge in [-0.05, 0) is 19.1 Å². The lowest BCUT2D eigenvalue weighted by molar-refractivity contribution is 0.245. The van der Waals surface area contributed by atoms with Crippen molar-refractivity contribution in [3.8, 4) is 0 Å². The second kappa shape index (κ2) is 7.32. The van der Waals surface area contributed by atoms with Crippen LogP contribution in [0, 0.1) is 6.92 Å². The summed E-state index contributed by atoms with van der Waals surface area (Å²) < 4.78 is 1.26. The second-order valence-corrected chi connectivity index (χ2v) is 6.79. The monoisotopic (exact) mass is 366 g/mol. The zero-order valence-corrected chi connectivity index (χ0v) is 15.3. The number of aromatic amines is 1. The van der Waals surface area contributed by atoms with Gasteiger partial charge in [-0.2, -0.15) is 0 Å². The second-order valence-electron chi connectivity index (χ2n) is 6.79. The zero-order chi connectivity index (χ0) is 18.8. The summed E-state index contributed by atoms with van der Waals surface area (Å²) in [5.74, 6) is 0.964. The van der Waals surface area contributed by atoms with Crippen molar-refractivity contribution in [3.05, 3.63) is 63.2 Å². The molecule has 1 fully saturated rings. The molecule has 0 atom stereocenters. The number of piperazine rings is 1. The lowest BCUT2D eigenvalue weighted by Crippen LogP contribution is -2.48. The maximum Gasteiger partial charge on any atom is 0.328 e. The Morgan fingerprint density at radius 1 is 1.04 bits per heavy atom. The van der Waals surface area contributed by atoms with E-state index in [0.29, 0.717) is 18.8 Å². The maximum absolute atomic E-state index is 12.0. The van der Waals surface area contributed by atoms with Crippen LogP contribution in [0.5, 0.6) is 0 Å². The fraction of sp³-hybridized carbons (Fsp3) is 0.368. The molecule has 1 saturated heterocycles. The summed E-state index contributed by atoms with van der Waals surface area (Å²) >= 11 is 0. The molecule has 1 aromatic carbocycles. The highest BCUT2D eigenvalue weighted by atomic mass is 16.2. The molecule has 140 valence electrons. The van der Waals surface area contributed by atoms with Gasteiger partial charge in [0.25, 0.3) is 5.56 Å². The zero-order valence-electron chi connectivity index (χ0n) is 15.3. The summed E-state index contributed by atoms with van der Waals surface area (Å²) in [6.45, 7) is 6.19. The molecule has 0 spiro atoms. The summed E-state index contributed by atoms with van der Waals surface area (Å²) in [7, 11) is 0. The molecule has 8 nitrogen and oxygen atoms in total. The number of nitrogens with zero attached hydrogens (tertiary/aromatic N) is 5. The Balaban J connectivity index is 1.41. The number of nitrogens with one attached hydrogen (secondary N) is 1. The number of aryl methyl sites for hydroxylation is 1. The molecule has 2 aromatic heterocycles. The van der Waals surface area contributed by atoms with Gasteiger partial charge in [-0.25, -0.2) is 14.8 Å². The molecule has 1 aliphatic rings. The summed E-state index contributed by atoms with van der Waals surface area (Å²) in [5.41, 5.74) is 0.947. The van der Waals surface area contributed by atoms with Crippen LogP contribution in [0.4, 0.5) is 5.82 Å². The van der Waals surface area contributed by atoms with Crippen molar-refractivity contribution in [1.29, 1.82) is 0 Å². The van der Waals surface area contributed by atoms with Crippen LogP contribution in [0.2, 0.25) is 0 Å². The summed E-state index contributed by atoms with van der Waals surface area (Å²) in [6, 6.07) is 9.48. The number of benzene rings is 1. The minimum absolute atomic E-state index is 0.248. The van der Waals surface area contributed by atoms with Gasteiger partial charge < -0.3 is 9.88 Å². The number of rotatable bonds is 4. The van der Waals surface area contributed by atoms with Gasteiger partial charge in [-0.1, -0.05) is 12.1 Å². The van der Waals surface area contributed by atoms with Gasteiger partial charge in [0.2, 0.25) is 0 Å². The average molecular weight is 366 g/mol. The minimum Gasteiger partial charge on any atom is -0.353 e. The molecule has 0 aliphatic carbocycles. The predicted octanol–water partition coefficient (Wildman–Crippen LogP) is 0.610. The third-order valence-electron chi connectivity index (χ3n) is 4.99. The SMILES string of the molecule is Cc1cc(=O)n(CCN2CCN(c3ncnc4ccccc34)CC2)c(=O)[nH]1. The standard InChI is InChI=1S/C19H22N6O2/c1-14-12-17(26)25(19(27)22-14)11-8-23-6-9-24(10-7-23)18-15-4-2-3-5-16(15)20-13-21-18/h2-5,12-13H,6-11H2,1H3,(H,22,27). The van der Waals surface area contributed by atoms with Gasteiger partial charge in [0.05, 0.1) is 5.52 Å². The van der Waals surface area contributed by atoms with Gasteiger partial charge in [0.1, 0.15) is 12.1 Å². The van der Waals surface area contributed by atoms with E-state index in [9.17, 15) is 9.59 Å². The van der Waals surface area contributed by atoms with Crippen LogP contribution in [0.25, 0.3) is 10.9 Å². The molecule has 0 bridgehead atoms. The van der Waals surface area contributed by atoms with E-state index in [2.05, 4.69) is 24.8 Å². The Hall–Kier alpha value is -3.00. The smallest absolute Gasteiger partial charge is 0.328 e. The first-order valence-electron chi connectivity index (χ1n) is 9.09. The Morgan fingerprint density at radius 3 is 2.59 bits per heavy atom. The van der Waals surface area contributed by atoms with Gasteiger partial charge in [-0.3, -0.25) is 14.3 Å². The molecule has 1 N–H and O–H groups in total. The fourth-order valence-corrected chi connectivity index (χ4v) is 3.51. The molecule has 27 heavy (non-hydrogen) atoms. The summed E-state index contributed by atoms with van der Waals surface area (Å²) in [5, 5.41) is 1.06. The van der Waals surface area contributed by atoms with E-state index in [0.717, 1.165) is 42.9 Å². The Bertz CT molecular complexity index is 1030. The van der Waals surface area contributed by atoms with Crippen molar-refractivity contribution in [1.82, 2.24) is 24.4 Å². The molecule has 0 amide bonds. The first-order chi connectivity index (χ1) is 13.1. The topological polar surface area (TPSA) is 87.1 Å². The molecule has 0 unspecified atom stereocenters. The average Bonchev–Trinajstić information content (AvgIpc) is 2.67. The highest BCUT2D eigenvalue weighted by Gasteiger charge is 2.20. The van der Waals surface area contributed by atoms with Crippen LogP contribution < -0.4 is 16.1 Å². The van der Waals surface area contributed by atoms with Crippen LogP contribution in [0.15, 0.2) is 46.2 Å². The van der Waals surface area contributed by atoms with Gasteiger partial charge >= 0.3 is 5.69 Å². The normalized spacial score (nSPS) is 15.4. The van der Waals surface area contributed by atoms with Crippen molar-refractivity contribution in [2.75, 3.05) is 37.6 Å². The number of hydrogen-bond acceptors (Lipinski definition) is 6. The fourth-order valence-electron chi connectivity index (χ4n) is 3.51. The molecular weight excluding hydrogens is 344 g/mol. The number of anilines is 1. The van der Waals surface area contributed by atoms with E-state index in [1.54, 1.807) is 13.3 Å². The Kier molecular flexibility index (Phi) is 4.72. The number of hydrogen-bond donors (Lipinski definition) is 1. The van der Waals surface area contributed by atoms with Gasteiger partial charge in [-0.15, -0.1) is 0 Å². The molecular formula is C19H22N6O2. The molecule has 1 aliphatic heterocycles. The third-order valence-corrected chi connectivity index (χ3v) is 4.99. The molecule has 0 saturated carbocycles. The molecule has 3 aromatic rings. The largest absolute Gasteiger partial charge is 0.353 e. The van der Waals surface area contributed by atoms with Crippen LogP contribution in [0.3, 0.4) is 0 Å². The van der Waals surface area contributed by atoms with Crippen LogP contribution in [0.1, 0.15) is 5.69 Å². The van der Waals surface area contributed by atoms with E-state index < -0.39 is 0 Å². The third kappa shape index (κ3) is 3.61. The molecule has 0 radical (unpaired) electrons. The highest BCUT2D eigenvalue weighted by molar-refractivity contribution is 5.89. The number of aromatic nitrogens is 4. The molecule has 3 heterocycles. The highest BCUT2D eigenvalue weighted by Crippen LogP contribution is 2.23. The lowest BCUT2D eigenvalue weighted by atomic mass is 10.2. The number of fused-ring (bicyclic) bond motifs is 1. The van der Waals surface area contributed by atoms with E-state index >= 15 is 0 Å². The molecule has 8 heteroatoms. The van der Waals surface area contributed by atoms with Crippen molar-refractivity contribution in [2.24, 2.45) is 0 Å². The first kappa shape index (κ1) is 17.4. The predicted molar refractivity (Wildman–Crippen MR) is 104 cm³/mol. The molecule has 4 rings (SSSR count). The van der Waals surface area contributed by atoms with Crippen molar-refractivity contribution >= 4 is 16.7 Å². The summed E-state index contributed by atoms with van der Waals surface area (Å²) in [6.07, 6.45) is 1.61. The van der Waals surface area contributed by atoms with Crippen LogP contribution in [-0.2, 0) is 6.54 Å². The lowest BCUT2D eigenvalue weighted by Gasteiger charge is -2.35. The van der Waals surface area contributed by atoms with Crippen molar-refractivity contribution < 1.29 is 0 Å². The minimum atomic E-state index is -0.342. The van der Waals surface area contributed by atoms with E-state index in [1.165, 1.54) is 10.6 Å². The maximum atomic E-state index is 12.0. The number of para-hydroxylation sites is 1. The van der Waals surface area contributed by atoms with Gasteiger partial charge in [0.15, 0.2) is 0 Å². The van der Waals surface area contributed by atoms with E-state index in [1.807, 2.05) is 24.3 Å². The van der Waals surface area contributed by atoms with Crippen LogP contribution in [-0.4, -0.2) is 57.1 Å². The Morgan fingerprint density at radius 2 is 1.81 bits per heavy atom. The van der Waals surface area contributed by atoms with Crippen LogP contribution >= 0.6 is 0 Å². The van der Waals surface area contributed by atoms with Crippen molar-refractivity contribution in [2.45, 2.75) is 13.5 Å². The first-order valence-corrected chi connectivity index (χ1v) is 9.09. The van der Waals surface area contributed by atoms with E-state index in [-0.39, 0.29) is 11.2 Å². The number of H-pyrrole nitrogens is 1. The van der Waals surface area contributed by atoms with Gasteiger partial charge in [0, 0.05) is 56.4 Å².